The van der Waals surface area contributed by atoms with Crippen LogP contribution in [0.25, 0.3) is 0 Å². The first-order valence-corrected chi connectivity index (χ1v) is 12.7. The highest BCUT2D eigenvalue weighted by atomic mass is 19.1. The topological polar surface area (TPSA) is 70.4 Å². The van der Waals surface area contributed by atoms with Crippen LogP contribution in [0.15, 0.2) is 76.8 Å². The molecule has 8 heteroatoms. The van der Waals surface area contributed by atoms with E-state index < -0.39 is 0 Å². The van der Waals surface area contributed by atoms with Crippen molar-refractivity contribution in [1.82, 2.24) is 9.88 Å². The van der Waals surface area contributed by atoms with E-state index >= 15 is 0 Å². The van der Waals surface area contributed by atoms with Crippen molar-refractivity contribution < 1.29 is 13.9 Å². The Morgan fingerprint density at radius 1 is 1.03 bits per heavy atom. The summed E-state index contributed by atoms with van der Waals surface area (Å²) >= 11 is 0. The summed E-state index contributed by atoms with van der Waals surface area (Å²) in [4.78, 5) is 28.9. The van der Waals surface area contributed by atoms with Gasteiger partial charge in [0, 0.05) is 57.1 Å². The molecular formula is C30H36FN5O2. The number of aliphatic imine (C=N–C) groups is 2. The molecule has 200 valence electrons. The van der Waals surface area contributed by atoms with E-state index in [1.807, 2.05) is 55.3 Å². The first-order valence-electron chi connectivity index (χ1n) is 12.7. The maximum absolute atomic E-state index is 12.9. The van der Waals surface area contributed by atoms with Crippen LogP contribution >= 0.6 is 0 Å². The second-order valence-electron chi connectivity index (χ2n) is 8.90. The van der Waals surface area contributed by atoms with Gasteiger partial charge < -0.3 is 14.5 Å². The number of methoxy groups -OCH3 is 1. The number of aromatic nitrogens is 1. The Morgan fingerprint density at radius 2 is 1.74 bits per heavy atom. The minimum absolute atomic E-state index is 0.252. The van der Waals surface area contributed by atoms with Crippen molar-refractivity contribution in [2.45, 2.75) is 27.2 Å². The second-order valence-corrected chi connectivity index (χ2v) is 8.90. The summed E-state index contributed by atoms with van der Waals surface area (Å²) in [7, 11) is 3.31. The lowest BCUT2D eigenvalue weighted by atomic mass is 10.1. The van der Waals surface area contributed by atoms with Crippen LogP contribution in [0, 0.1) is 12.7 Å². The van der Waals surface area contributed by atoms with Gasteiger partial charge in [0.05, 0.1) is 7.11 Å². The van der Waals surface area contributed by atoms with E-state index in [4.69, 9.17) is 4.74 Å². The molecule has 1 amide bonds. The summed E-state index contributed by atoms with van der Waals surface area (Å²) in [5.41, 5.74) is 3.74. The van der Waals surface area contributed by atoms with Gasteiger partial charge in [-0.2, -0.15) is 0 Å². The molecule has 7 nitrogen and oxygen atoms in total. The Bertz CT molecular complexity index is 1270. The minimum Gasteiger partial charge on any atom is -0.497 e. The molecule has 0 unspecified atom stereocenters. The van der Waals surface area contributed by atoms with Crippen LogP contribution in [-0.2, 0) is 4.79 Å². The molecule has 0 radical (unpaired) electrons. The van der Waals surface area contributed by atoms with Crippen LogP contribution in [0.4, 0.5) is 10.2 Å². The number of aryl methyl sites for hydroxylation is 1. The van der Waals surface area contributed by atoms with Crippen LogP contribution in [0.2, 0.25) is 0 Å². The van der Waals surface area contributed by atoms with Gasteiger partial charge in [-0.15, -0.1) is 0 Å². The summed E-state index contributed by atoms with van der Waals surface area (Å²) in [5.74, 6) is 2.37. The molecule has 1 aliphatic heterocycles. The van der Waals surface area contributed by atoms with Crippen LogP contribution in [0.3, 0.4) is 0 Å². The number of halogens is 1. The van der Waals surface area contributed by atoms with Crippen molar-refractivity contribution in [3.05, 3.63) is 89.4 Å². The lowest BCUT2D eigenvalue weighted by Gasteiger charge is -2.35. The van der Waals surface area contributed by atoms with Gasteiger partial charge in [0.15, 0.2) is 5.84 Å². The summed E-state index contributed by atoms with van der Waals surface area (Å²) in [6.45, 7) is 9.23. The van der Waals surface area contributed by atoms with E-state index in [-0.39, 0.29) is 11.7 Å². The summed E-state index contributed by atoms with van der Waals surface area (Å²) < 4.78 is 18.2. The van der Waals surface area contributed by atoms with Gasteiger partial charge in [0.25, 0.3) is 0 Å². The maximum Gasteiger partial charge on any atom is 0.222 e. The average Bonchev–Trinajstić information content (AvgIpc) is 2.96. The molecule has 0 saturated carbocycles. The molecule has 3 aromatic rings. The Hall–Kier alpha value is -4.07. The fourth-order valence-electron chi connectivity index (χ4n) is 4.02. The first kappa shape index (κ1) is 28.5. The number of nitrogens with zero attached hydrogens (tertiary/aromatic N) is 5. The molecule has 0 spiro atoms. The molecule has 2 heterocycles. The zero-order chi connectivity index (χ0) is 27.5. The Labute approximate surface area is 224 Å². The highest BCUT2D eigenvalue weighted by Gasteiger charge is 2.20. The Balaban J connectivity index is 0.000000215. The number of piperazine rings is 1. The fourth-order valence-corrected chi connectivity index (χ4v) is 4.02. The molecule has 1 aromatic heterocycles. The molecule has 38 heavy (non-hydrogen) atoms. The lowest BCUT2D eigenvalue weighted by molar-refractivity contribution is -0.131. The maximum atomic E-state index is 12.9. The van der Waals surface area contributed by atoms with Gasteiger partial charge in [-0.25, -0.2) is 14.4 Å². The predicted molar refractivity (Wildman–Crippen MR) is 152 cm³/mol. The fraction of sp³-hybridized carbons (Fsp3) is 0.333. The van der Waals surface area contributed by atoms with E-state index in [1.165, 1.54) is 17.7 Å². The van der Waals surface area contributed by atoms with Gasteiger partial charge >= 0.3 is 0 Å². The Kier molecular flexibility index (Phi) is 10.5. The third-order valence-electron chi connectivity index (χ3n) is 6.24. The highest BCUT2D eigenvalue weighted by Crippen LogP contribution is 2.16. The van der Waals surface area contributed by atoms with Crippen LogP contribution in [0.1, 0.15) is 37.0 Å². The van der Waals surface area contributed by atoms with Crippen molar-refractivity contribution in [1.29, 1.82) is 0 Å². The lowest BCUT2D eigenvalue weighted by Crippen LogP contribution is -2.48. The summed E-state index contributed by atoms with van der Waals surface area (Å²) in [6.07, 6.45) is 2.44. The number of carbonyl (C=O) groups excluding carboxylic acids is 1. The van der Waals surface area contributed by atoms with E-state index in [2.05, 4.69) is 32.9 Å². The SMILES string of the molecule is CCC(=O)N1CCN(c2cc(C)ccn2)CC1.CN=C(N=C(C)c1ccc(F)cc1)c1cccc(OC)c1. The van der Waals surface area contributed by atoms with Crippen LogP contribution in [0.5, 0.6) is 5.75 Å². The highest BCUT2D eigenvalue weighted by molar-refractivity contribution is 6.11. The van der Waals surface area contributed by atoms with Crippen LogP contribution in [-0.4, -0.2) is 67.7 Å². The molecular weight excluding hydrogens is 481 g/mol. The smallest absolute Gasteiger partial charge is 0.222 e. The first-order chi connectivity index (χ1) is 18.3. The number of carbonyl (C=O) groups is 1. The van der Waals surface area contributed by atoms with Crippen molar-refractivity contribution in [2.75, 3.05) is 45.2 Å². The number of hydrogen-bond donors (Lipinski definition) is 0. The normalized spacial score (nSPS) is 14.1. The number of rotatable bonds is 5. The predicted octanol–water partition coefficient (Wildman–Crippen LogP) is 5.17. The average molecular weight is 518 g/mol. The Morgan fingerprint density at radius 3 is 2.34 bits per heavy atom. The van der Waals surface area contributed by atoms with Crippen molar-refractivity contribution in [2.24, 2.45) is 9.98 Å². The van der Waals surface area contributed by atoms with Gasteiger partial charge in [-0.1, -0.05) is 31.2 Å². The van der Waals surface area contributed by atoms with Gasteiger partial charge in [-0.05, 0) is 61.4 Å². The minimum atomic E-state index is -0.260. The number of ether oxygens (including phenoxy) is 1. The number of anilines is 1. The van der Waals surface area contributed by atoms with Gasteiger partial charge in [-0.3, -0.25) is 9.79 Å². The zero-order valence-electron chi connectivity index (χ0n) is 22.8. The molecule has 1 fully saturated rings. The molecule has 1 saturated heterocycles. The number of amidine groups is 1. The van der Waals surface area contributed by atoms with Gasteiger partial charge in [0.1, 0.15) is 17.4 Å². The third-order valence-corrected chi connectivity index (χ3v) is 6.24. The summed E-state index contributed by atoms with van der Waals surface area (Å²) in [5, 5.41) is 0. The molecule has 2 aromatic carbocycles. The quantitative estimate of drug-likeness (QED) is 0.346. The standard InChI is InChI=1S/C17H17FN2O.C13H19N3O/c1-12(13-7-9-15(18)10-8-13)20-17(19-2)14-5-4-6-16(11-14)21-3;1-3-13(17)16-8-6-15(7-9-16)12-10-11(2)4-5-14-12/h4-11H,1-3H3;4-5,10H,3,6-9H2,1-2H3. The van der Waals surface area contributed by atoms with E-state index in [0.29, 0.717) is 12.3 Å². The molecule has 0 N–H and O–H groups in total. The van der Waals surface area contributed by atoms with Crippen molar-refractivity contribution in [3.63, 3.8) is 0 Å². The number of hydrogen-bond acceptors (Lipinski definition) is 5. The third kappa shape index (κ3) is 7.96. The molecule has 4 rings (SSSR count). The molecule has 0 atom stereocenters. The monoisotopic (exact) mass is 517 g/mol. The second kappa shape index (κ2) is 14.0. The van der Waals surface area contributed by atoms with Crippen molar-refractivity contribution >= 4 is 23.3 Å². The molecule has 1 aliphatic rings. The van der Waals surface area contributed by atoms with Gasteiger partial charge in [0.2, 0.25) is 5.91 Å². The van der Waals surface area contributed by atoms with Crippen LogP contribution < -0.4 is 9.64 Å². The largest absolute Gasteiger partial charge is 0.497 e. The summed E-state index contributed by atoms with van der Waals surface area (Å²) in [6, 6.07) is 17.9. The zero-order valence-corrected chi connectivity index (χ0v) is 22.8. The number of benzene rings is 2. The molecule has 0 bridgehead atoms. The van der Waals surface area contributed by atoms with E-state index in [1.54, 1.807) is 26.3 Å². The molecule has 0 aliphatic carbocycles. The van der Waals surface area contributed by atoms with E-state index in [0.717, 1.165) is 54.6 Å². The van der Waals surface area contributed by atoms with Crippen molar-refractivity contribution in [3.8, 4) is 5.75 Å². The number of pyridine rings is 1. The van der Waals surface area contributed by atoms with E-state index in [9.17, 15) is 9.18 Å². The number of amides is 1.